The van der Waals surface area contributed by atoms with Gasteiger partial charge in [-0.3, -0.25) is 0 Å². The van der Waals surface area contributed by atoms with Gasteiger partial charge in [-0.15, -0.1) is 0 Å². The van der Waals surface area contributed by atoms with Crippen molar-refractivity contribution in [1.82, 2.24) is 0 Å². The monoisotopic (exact) mass is 236 g/mol. The Morgan fingerprint density at radius 3 is 2.73 bits per heavy atom. The van der Waals surface area contributed by atoms with Crippen LogP contribution >= 0.6 is 0 Å². The molecule has 15 heavy (non-hydrogen) atoms. The van der Waals surface area contributed by atoms with Crippen molar-refractivity contribution in [3.8, 4) is 0 Å². The second-order valence-corrected chi connectivity index (χ2v) is 5.82. The fourth-order valence-electron chi connectivity index (χ4n) is 1.32. The third-order valence-electron chi connectivity index (χ3n) is 2.17. The summed E-state index contributed by atoms with van der Waals surface area (Å²) >= 11 is 0. The lowest BCUT2D eigenvalue weighted by Crippen LogP contribution is -2.20. The van der Waals surface area contributed by atoms with Crippen LogP contribution in [0.3, 0.4) is 0 Å². The first kappa shape index (κ1) is 12.3. The van der Waals surface area contributed by atoms with Crippen LogP contribution in [-0.4, -0.2) is 38.8 Å². The molecule has 0 amide bonds. The van der Waals surface area contributed by atoms with Crippen LogP contribution in [0, 0.1) is 0 Å². The number of ether oxygens (including phenoxy) is 2. The van der Waals surface area contributed by atoms with E-state index in [9.17, 15) is 13.2 Å². The lowest BCUT2D eigenvalue weighted by atomic mass is 10.3. The van der Waals surface area contributed by atoms with Gasteiger partial charge < -0.3 is 9.47 Å². The van der Waals surface area contributed by atoms with Gasteiger partial charge in [-0.2, -0.15) is 0 Å². The average Bonchev–Trinajstić information content (AvgIpc) is 2.46. The zero-order chi connectivity index (χ0) is 11.3. The smallest absolute Gasteiger partial charge is 0.434 e. The summed E-state index contributed by atoms with van der Waals surface area (Å²) in [5.74, 6) is 0.0236. The van der Waals surface area contributed by atoms with Crippen molar-refractivity contribution in [2.45, 2.75) is 32.3 Å². The first-order chi connectivity index (χ1) is 7.03. The molecule has 0 aromatic rings. The van der Waals surface area contributed by atoms with Gasteiger partial charge in [0.2, 0.25) is 0 Å². The molecule has 0 radical (unpaired) electrons. The Labute approximate surface area is 89.7 Å². The number of unbranched alkanes of at least 4 members (excludes halogenated alkanes) is 1. The van der Waals surface area contributed by atoms with E-state index in [-0.39, 0.29) is 11.5 Å². The molecule has 0 unspecified atom stereocenters. The van der Waals surface area contributed by atoms with Gasteiger partial charge in [-0.05, 0) is 12.8 Å². The number of sulfone groups is 1. The summed E-state index contributed by atoms with van der Waals surface area (Å²) in [6.45, 7) is 2.31. The fraction of sp³-hybridized carbons (Fsp3) is 0.889. The highest BCUT2D eigenvalue weighted by molar-refractivity contribution is 7.91. The molecule has 0 aromatic carbocycles. The van der Waals surface area contributed by atoms with E-state index >= 15 is 0 Å². The van der Waals surface area contributed by atoms with Gasteiger partial charge in [0.05, 0.1) is 18.1 Å². The molecule has 5 nitrogen and oxygen atoms in total. The Balaban J connectivity index is 2.22. The van der Waals surface area contributed by atoms with E-state index in [2.05, 4.69) is 0 Å². The van der Waals surface area contributed by atoms with Crippen molar-refractivity contribution < 1.29 is 22.7 Å². The molecule has 0 spiro atoms. The summed E-state index contributed by atoms with van der Waals surface area (Å²) in [6, 6.07) is 0. The molecule has 1 atom stereocenters. The first-order valence-electron chi connectivity index (χ1n) is 5.07. The number of rotatable bonds is 4. The first-order valence-corrected chi connectivity index (χ1v) is 6.89. The Kier molecular flexibility index (Phi) is 4.38. The fourth-order valence-corrected chi connectivity index (χ4v) is 2.91. The third-order valence-corrected chi connectivity index (χ3v) is 3.91. The van der Waals surface area contributed by atoms with Crippen molar-refractivity contribution in [2.24, 2.45) is 0 Å². The summed E-state index contributed by atoms with van der Waals surface area (Å²) in [4.78, 5) is 11.0. The van der Waals surface area contributed by atoms with Gasteiger partial charge >= 0.3 is 6.16 Å². The van der Waals surface area contributed by atoms with Crippen LogP contribution in [0.2, 0.25) is 0 Å². The average molecular weight is 236 g/mol. The minimum Gasteiger partial charge on any atom is -0.434 e. The third kappa shape index (κ3) is 4.51. The standard InChI is InChI=1S/C9H16O5S/c1-2-3-5-13-9(10)14-8-4-6-15(11,12)7-8/h8H,2-7H2,1H3/t8-/m0/s1. The molecule has 1 fully saturated rings. The molecule has 1 aliphatic rings. The minimum absolute atomic E-state index is 0.0735. The van der Waals surface area contributed by atoms with E-state index in [0.29, 0.717) is 13.0 Å². The van der Waals surface area contributed by atoms with Crippen LogP contribution in [-0.2, 0) is 19.3 Å². The van der Waals surface area contributed by atoms with Gasteiger partial charge in [0.15, 0.2) is 9.84 Å². The van der Waals surface area contributed by atoms with Crippen LogP contribution in [0.15, 0.2) is 0 Å². The Morgan fingerprint density at radius 1 is 1.47 bits per heavy atom. The van der Waals surface area contributed by atoms with E-state index in [4.69, 9.17) is 9.47 Å². The molecule has 1 aliphatic heterocycles. The van der Waals surface area contributed by atoms with Crippen molar-refractivity contribution in [2.75, 3.05) is 18.1 Å². The number of carbonyl (C=O) groups excluding carboxylic acids is 1. The highest BCUT2D eigenvalue weighted by Crippen LogP contribution is 2.15. The largest absolute Gasteiger partial charge is 0.508 e. The highest BCUT2D eigenvalue weighted by Gasteiger charge is 2.31. The van der Waals surface area contributed by atoms with E-state index in [0.717, 1.165) is 12.8 Å². The minimum atomic E-state index is -3.00. The van der Waals surface area contributed by atoms with Crippen LogP contribution in [0.1, 0.15) is 26.2 Å². The highest BCUT2D eigenvalue weighted by atomic mass is 32.2. The summed E-state index contributed by atoms with van der Waals surface area (Å²) in [5, 5.41) is 0. The topological polar surface area (TPSA) is 69.7 Å². The van der Waals surface area contributed by atoms with Gasteiger partial charge in [-0.25, -0.2) is 13.2 Å². The molecule has 1 rings (SSSR count). The second-order valence-electron chi connectivity index (χ2n) is 3.59. The second kappa shape index (κ2) is 5.34. The molecule has 0 aliphatic carbocycles. The van der Waals surface area contributed by atoms with Crippen LogP contribution in [0.25, 0.3) is 0 Å². The number of carbonyl (C=O) groups is 1. The molecule has 0 aromatic heterocycles. The van der Waals surface area contributed by atoms with Crippen molar-refractivity contribution in [3.63, 3.8) is 0 Å². The molecular weight excluding hydrogens is 220 g/mol. The molecule has 0 N–H and O–H groups in total. The number of hydrogen-bond donors (Lipinski definition) is 0. The maximum Gasteiger partial charge on any atom is 0.508 e. The predicted octanol–water partition coefficient (Wildman–Crippen LogP) is 1.13. The van der Waals surface area contributed by atoms with Gasteiger partial charge in [0, 0.05) is 0 Å². The van der Waals surface area contributed by atoms with Crippen molar-refractivity contribution in [1.29, 1.82) is 0 Å². The SMILES string of the molecule is CCCCOC(=O)O[C@H]1CCS(=O)(=O)C1. The normalized spacial score (nSPS) is 23.7. The maximum absolute atomic E-state index is 11.1. The summed E-state index contributed by atoms with van der Waals surface area (Å²) in [5.41, 5.74) is 0. The maximum atomic E-state index is 11.1. The van der Waals surface area contributed by atoms with Crippen LogP contribution < -0.4 is 0 Å². The molecule has 0 saturated carbocycles. The Morgan fingerprint density at radius 2 is 2.20 bits per heavy atom. The summed E-state index contributed by atoms with van der Waals surface area (Å²) < 4.78 is 31.7. The predicted molar refractivity (Wildman–Crippen MR) is 54.4 cm³/mol. The van der Waals surface area contributed by atoms with E-state index in [1.807, 2.05) is 6.92 Å². The Hall–Kier alpha value is -0.780. The Bertz CT molecular complexity index is 308. The van der Waals surface area contributed by atoms with Crippen LogP contribution in [0.5, 0.6) is 0 Å². The lowest BCUT2D eigenvalue weighted by molar-refractivity contribution is 0.0307. The van der Waals surface area contributed by atoms with Crippen molar-refractivity contribution >= 4 is 16.0 Å². The molecule has 1 heterocycles. The molecule has 1 saturated heterocycles. The van der Waals surface area contributed by atoms with Crippen molar-refractivity contribution in [3.05, 3.63) is 0 Å². The van der Waals surface area contributed by atoms with Gasteiger partial charge in [-0.1, -0.05) is 13.3 Å². The quantitative estimate of drug-likeness (QED) is 0.540. The molecule has 88 valence electrons. The van der Waals surface area contributed by atoms with Gasteiger partial charge in [0.1, 0.15) is 6.10 Å². The zero-order valence-electron chi connectivity index (χ0n) is 8.77. The molecule has 6 heteroatoms. The summed E-state index contributed by atoms with van der Waals surface area (Å²) in [6.07, 6.45) is 0.823. The zero-order valence-corrected chi connectivity index (χ0v) is 9.59. The van der Waals surface area contributed by atoms with Crippen LogP contribution in [0.4, 0.5) is 4.79 Å². The lowest BCUT2D eigenvalue weighted by Gasteiger charge is -2.09. The van der Waals surface area contributed by atoms with E-state index in [1.165, 1.54) is 0 Å². The summed E-state index contributed by atoms with van der Waals surface area (Å²) in [7, 11) is -3.00. The van der Waals surface area contributed by atoms with E-state index in [1.54, 1.807) is 0 Å². The molecule has 0 bridgehead atoms. The van der Waals surface area contributed by atoms with E-state index < -0.39 is 22.1 Å². The molecular formula is C9H16O5S. The number of hydrogen-bond acceptors (Lipinski definition) is 5. The van der Waals surface area contributed by atoms with Gasteiger partial charge in [0.25, 0.3) is 0 Å².